The van der Waals surface area contributed by atoms with Crippen LogP contribution in [0, 0.1) is 0 Å². The zero-order valence-corrected chi connectivity index (χ0v) is 80.1. The number of hydrogen-bond donors (Lipinski definition) is 6. The minimum absolute atomic E-state index is 0. The van der Waals surface area contributed by atoms with E-state index in [1.54, 1.807) is 77.9 Å². The first-order chi connectivity index (χ1) is 60.6. The molecule has 0 bridgehead atoms. The molecule has 7 N–H and O–H groups in total. The summed E-state index contributed by atoms with van der Waals surface area (Å²) in [5.41, 5.74) is 8.47. The Balaban J connectivity index is 0.000000316. The van der Waals surface area contributed by atoms with E-state index in [2.05, 4.69) is 51.1 Å². The maximum atomic E-state index is 13.4. The molecular formula is C86H124BCl2KN14O26. The number of fused-ring (bicyclic) bond motifs is 3. The van der Waals surface area contributed by atoms with Gasteiger partial charge in [-0.2, -0.15) is 0 Å². The van der Waals surface area contributed by atoms with Crippen molar-refractivity contribution in [3.8, 4) is 0 Å². The minimum Gasteiger partial charge on any atom is -1.00 e. The van der Waals surface area contributed by atoms with Crippen LogP contribution in [0.25, 0.3) is 0 Å². The van der Waals surface area contributed by atoms with Gasteiger partial charge in [-0.05, 0) is 116 Å². The fourth-order valence-corrected chi connectivity index (χ4v) is 15.0. The second-order valence-electron chi connectivity index (χ2n) is 32.4. The third-order valence-electron chi connectivity index (χ3n) is 21.1. The average Bonchev–Trinajstić information content (AvgIpc) is 1.60. The first kappa shape index (κ1) is 112. The smallest absolute Gasteiger partial charge is 1.00 e. The summed E-state index contributed by atoms with van der Waals surface area (Å²) in [5, 5.41) is 11.9. The van der Waals surface area contributed by atoms with Crippen LogP contribution in [0.2, 0.25) is 0 Å². The number of piperazine rings is 2. The molecule has 0 spiro atoms. The van der Waals surface area contributed by atoms with Gasteiger partial charge in [-0.15, -0.1) is 24.8 Å². The van der Waals surface area contributed by atoms with Crippen LogP contribution in [-0.2, 0) is 85.7 Å². The molecule has 9 aliphatic heterocycles. The molecule has 712 valence electrons. The Kier molecular flexibility index (Phi) is 49.7. The van der Waals surface area contributed by atoms with Crippen molar-refractivity contribution in [1.82, 2.24) is 51.1 Å². The Labute approximate surface area is 814 Å². The van der Waals surface area contributed by atoms with Gasteiger partial charge in [0.05, 0.1) is 163 Å². The summed E-state index contributed by atoms with van der Waals surface area (Å²) in [7, 11) is 0. The molecule has 12 rings (SSSR count). The van der Waals surface area contributed by atoms with E-state index < -0.39 is 101 Å². The van der Waals surface area contributed by atoms with E-state index in [0.29, 0.717) is 204 Å². The molecule has 3 aromatic carbocycles. The Hall–Kier alpha value is -8.09. The maximum absolute atomic E-state index is 13.4. The van der Waals surface area contributed by atoms with Crippen LogP contribution >= 0.6 is 24.8 Å². The fourth-order valence-electron chi connectivity index (χ4n) is 15.0. The number of alkyl carbamates (subject to hydrolysis) is 2. The summed E-state index contributed by atoms with van der Waals surface area (Å²) in [6.07, 6.45) is 3.81. The number of rotatable bonds is 40. The summed E-state index contributed by atoms with van der Waals surface area (Å²) in [5.74, 6) is -5.80. The van der Waals surface area contributed by atoms with Gasteiger partial charge in [0, 0.05) is 117 Å². The van der Waals surface area contributed by atoms with Crippen molar-refractivity contribution in [2.45, 2.75) is 129 Å². The first-order valence-electron chi connectivity index (χ1n) is 43.1. The number of halogens is 2. The molecule has 40 nitrogen and oxygen atoms in total. The number of hydrogen-bond acceptors (Lipinski definition) is 32. The Morgan fingerprint density at radius 3 is 0.969 bits per heavy atom. The van der Waals surface area contributed by atoms with Crippen molar-refractivity contribution in [3.05, 3.63) is 88.0 Å². The SMILES string of the molecule is CC(C)(C)OC(=O)NCCOCCOCCOCC=O.CC(C)(C)OC(=O)NCCOCCOCCOCCN1CCN(c2cccc3c2C(=O)N(C2CCC(=O)NC2=O)C3=O)CC1.Cl.Cl.NCCOCCOCCOCCN1CCN(c2cccc3c2C(=O)N(C2CCC(=O)NC2=O)C3=O)CC1.O=C1CCC(N2C(=O)c3cccc(N4CCCCC4)c3C2=O)C(=O)N1.[B-].[K+]. The van der Waals surface area contributed by atoms with Gasteiger partial charge < -0.3 is 96.4 Å². The van der Waals surface area contributed by atoms with Crippen molar-refractivity contribution in [2.75, 3.05) is 232 Å². The molecular weight excluding hydrogens is 1770 g/mol. The van der Waals surface area contributed by atoms with Gasteiger partial charge in [-0.1, -0.05) is 18.2 Å². The molecule has 3 atom stereocenters. The van der Waals surface area contributed by atoms with Crippen LogP contribution in [0.15, 0.2) is 54.6 Å². The van der Waals surface area contributed by atoms with Gasteiger partial charge in [-0.3, -0.25) is 98.0 Å². The summed E-state index contributed by atoms with van der Waals surface area (Å²) in [6.45, 7) is 29.3. The molecule has 4 radical (unpaired) electrons. The van der Waals surface area contributed by atoms with E-state index in [4.69, 9.17) is 57.8 Å². The van der Waals surface area contributed by atoms with Crippen molar-refractivity contribution in [3.63, 3.8) is 0 Å². The third kappa shape index (κ3) is 34.1. The van der Waals surface area contributed by atoms with E-state index in [9.17, 15) is 71.9 Å². The second kappa shape index (κ2) is 57.5. The Bertz CT molecular complexity index is 4280. The quantitative estimate of drug-likeness (QED) is 0.0178. The van der Waals surface area contributed by atoms with E-state index in [1.165, 1.54) is 6.42 Å². The van der Waals surface area contributed by atoms with Gasteiger partial charge in [0.25, 0.3) is 35.4 Å². The molecule has 9 heterocycles. The van der Waals surface area contributed by atoms with Crippen LogP contribution < -0.4 is 98.4 Å². The van der Waals surface area contributed by atoms with Crippen molar-refractivity contribution >= 4 is 140 Å². The van der Waals surface area contributed by atoms with Crippen molar-refractivity contribution in [1.29, 1.82) is 0 Å². The number of amides is 14. The van der Waals surface area contributed by atoms with Crippen LogP contribution in [0.4, 0.5) is 26.7 Å². The third-order valence-corrected chi connectivity index (χ3v) is 21.1. The van der Waals surface area contributed by atoms with Crippen LogP contribution in [0.3, 0.4) is 0 Å². The second-order valence-corrected chi connectivity index (χ2v) is 32.4. The standard InChI is InChI=1S/C30H43N5O9.C25H35N5O7.C18H19N3O4.C13H25NO6.B.2ClH.K/c1-30(2,3)44-29(40)31-9-15-41-17-19-43-20-18-42-16-14-33-10-12-34(13-11-33)22-6-4-5-21-25(22)28(39)35(27(21)38)23-7-8-24(36)32-26(23)37;26-6-12-35-14-16-37-17-15-36-13-11-28-7-9-29(10-8-28)19-3-1-2-18-22(19)25(34)30(24(18)33)20-4-5-21(31)27-23(20)32;22-14-8-7-13(16(23)19-14)21-17(24)11-5-4-6-12(15(11)18(21)25)20-9-2-1-3-10-20;1-13(2,3)20-12(16)14-4-6-17-8-10-19-11-9-18-7-5-15;;;;/h4-6,23H,7-20H2,1-3H3,(H,31,40)(H,32,36,37);1-3,20H,4-17,26H2,(H,27,31,32);4-6,13H,1-3,7-10H2,(H,19,22,23);5H,4,6-11H2,1-3H3,(H,14,16);;2*1H;/q;;;;-1;;;+1. The summed E-state index contributed by atoms with van der Waals surface area (Å²) in [6, 6.07) is 12.8. The largest absolute Gasteiger partial charge is 1.00 e. The zero-order chi connectivity index (χ0) is 90.7. The number of nitrogens with one attached hydrogen (secondary N) is 5. The molecule has 14 amide bonds. The summed E-state index contributed by atoms with van der Waals surface area (Å²) in [4.78, 5) is 197. The van der Waals surface area contributed by atoms with Gasteiger partial charge in [0.2, 0.25) is 35.4 Å². The van der Waals surface area contributed by atoms with E-state index >= 15 is 0 Å². The maximum Gasteiger partial charge on any atom is 1.00 e. The molecule has 6 saturated heterocycles. The molecule has 130 heavy (non-hydrogen) atoms. The van der Waals surface area contributed by atoms with Crippen molar-refractivity contribution < 1.29 is 175 Å². The first-order valence-corrected chi connectivity index (χ1v) is 43.1. The molecule has 9 aliphatic rings. The van der Waals surface area contributed by atoms with Gasteiger partial charge in [0.1, 0.15) is 42.2 Å². The van der Waals surface area contributed by atoms with Crippen molar-refractivity contribution in [2.24, 2.45) is 5.73 Å². The molecule has 0 aromatic heterocycles. The molecule has 44 heteroatoms. The zero-order valence-electron chi connectivity index (χ0n) is 75.4. The number of ether oxygens (including phenoxy) is 11. The molecule has 3 unspecified atom stereocenters. The number of piperidine rings is 4. The summed E-state index contributed by atoms with van der Waals surface area (Å²) < 4.78 is 58.6. The van der Waals surface area contributed by atoms with Gasteiger partial charge in [0.15, 0.2) is 0 Å². The Morgan fingerprint density at radius 2 is 0.677 bits per heavy atom. The van der Waals surface area contributed by atoms with Gasteiger partial charge in [-0.25, -0.2) is 9.59 Å². The van der Waals surface area contributed by atoms with E-state index in [1.807, 2.05) is 18.2 Å². The topological polar surface area (TPSA) is 470 Å². The van der Waals surface area contributed by atoms with Crippen LogP contribution in [-0.4, -0.2) is 369 Å². The number of nitrogens with two attached hydrogens (primary N) is 1. The number of carbonyl (C=O) groups excluding carboxylic acids is 15. The van der Waals surface area contributed by atoms with Crippen LogP contribution in [0.1, 0.15) is 161 Å². The fraction of sp³-hybridized carbons (Fsp3) is 0.616. The average molecular weight is 1890 g/mol. The monoisotopic (exact) mass is 1890 g/mol. The molecule has 0 aliphatic carbocycles. The Morgan fingerprint density at radius 1 is 0.392 bits per heavy atom. The van der Waals surface area contributed by atoms with Gasteiger partial charge >= 0.3 is 63.6 Å². The molecule has 0 saturated carbocycles. The predicted molar refractivity (Wildman–Crippen MR) is 474 cm³/mol. The molecule has 6 fully saturated rings. The van der Waals surface area contributed by atoms with Crippen LogP contribution in [0.5, 0.6) is 0 Å². The number of anilines is 3. The summed E-state index contributed by atoms with van der Waals surface area (Å²) >= 11 is 0. The number of nitrogens with zero attached hydrogens (tertiary/aromatic N) is 8. The number of benzene rings is 3. The van der Waals surface area contributed by atoms with E-state index in [0.717, 1.165) is 85.6 Å². The minimum atomic E-state index is -0.983. The number of carbonyl (C=O) groups is 15. The predicted octanol–water partition coefficient (Wildman–Crippen LogP) is -0.693. The number of aldehydes is 1. The van der Waals surface area contributed by atoms with E-state index in [-0.39, 0.29) is 147 Å². The normalized spacial score (nSPS) is 18.7. The molecule has 3 aromatic rings. The number of imide groups is 6.